The van der Waals surface area contributed by atoms with Crippen molar-refractivity contribution in [3.63, 3.8) is 0 Å². The Morgan fingerprint density at radius 1 is 1.42 bits per heavy atom. The van der Waals surface area contributed by atoms with E-state index in [1.165, 1.54) is 6.42 Å². The summed E-state index contributed by atoms with van der Waals surface area (Å²) in [6.45, 7) is 3.23. The van der Waals surface area contributed by atoms with Crippen LogP contribution in [0.5, 0.6) is 0 Å². The molecule has 1 aromatic rings. The summed E-state index contributed by atoms with van der Waals surface area (Å²) in [5.41, 5.74) is 0.992. The molecular weight excluding hydrogens is 304 g/mol. The summed E-state index contributed by atoms with van der Waals surface area (Å²) < 4.78 is 0.995. The first-order valence-corrected chi connectivity index (χ1v) is 7.68. The smallest absolute Gasteiger partial charge is 0.0813 e. The highest BCUT2D eigenvalue weighted by Crippen LogP contribution is 2.26. The van der Waals surface area contributed by atoms with E-state index in [0.29, 0.717) is 6.04 Å². The number of nitrogens with zero attached hydrogens (tertiary/aromatic N) is 2. The van der Waals surface area contributed by atoms with Crippen LogP contribution in [-0.4, -0.2) is 54.7 Å². The molecule has 2 atom stereocenters. The number of hydrogen-bond donors (Lipinski definition) is 1. The fourth-order valence-corrected chi connectivity index (χ4v) is 3.19. The van der Waals surface area contributed by atoms with Gasteiger partial charge in [0.25, 0.3) is 0 Å². The minimum Gasteiger partial charge on any atom is -0.388 e. The SMILES string of the molecule is CN(C)C1CCN(CCC(O)c2ccccc2Br)C1. The fourth-order valence-electron chi connectivity index (χ4n) is 2.64. The molecule has 4 heteroatoms. The van der Waals surface area contributed by atoms with Gasteiger partial charge in [-0.1, -0.05) is 34.1 Å². The zero-order chi connectivity index (χ0) is 13.8. The molecule has 0 bridgehead atoms. The van der Waals surface area contributed by atoms with Gasteiger partial charge in [-0.15, -0.1) is 0 Å². The number of aliphatic hydroxyl groups is 1. The molecule has 3 nitrogen and oxygen atoms in total. The highest BCUT2D eigenvalue weighted by Gasteiger charge is 2.24. The van der Waals surface area contributed by atoms with Crippen LogP contribution >= 0.6 is 15.9 Å². The molecule has 1 aliphatic rings. The maximum Gasteiger partial charge on any atom is 0.0813 e. The van der Waals surface area contributed by atoms with Crippen LogP contribution in [0, 0.1) is 0 Å². The molecule has 0 aromatic heterocycles. The van der Waals surface area contributed by atoms with Crippen molar-refractivity contribution in [1.29, 1.82) is 0 Å². The van der Waals surface area contributed by atoms with Gasteiger partial charge < -0.3 is 14.9 Å². The maximum atomic E-state index is 10.3. The Kier molecular flexibility index (Phi) is 5.39. The van der Waals surface area contributed by atoms with Crippen LogP contribution in [0.1, 0.15) is 24.5 Å². The zero-order valence-electron chi connectivity index (χ0n) is 11.7. The summed E-state index contributed by atoms with van der Waals surface area (Å²) in [4.78, 5) is 4.74. The standard InChI is InChI=1S/C15H23BrN2O/c1-17(2)12-7-9-18(11-12)10-8-15(19)13-5-3-4-6-14(13)16/h3-6,12,15,19H,7-11H2,1-2H3. The summed E-state index contributed by atoms with van der Waals surface area (Å²) in [6, 6.07) is 8.59. The molecule has 1 heterocycles. The summed E-state index contributed by atoms with van der Waals surface area (Å²) in [6.07, 6.45) is 1.65. The third kappa shape index (κ3) is 4.02. The van der Waals surface area contributed by atoms with Crippen molar-refractivity contribution in [1.82, 2.24) is 9.80 Å². The number of hydrogen-bond acceptors (Lipinski definition) is 3. The van der Waals surface area contributed by atoms with E-state index in [1.807, 2.05) is 24.3 Å². The van der Waals surface area contributed by atoms with Crippen LogP contribution in [0.15, 0.2) is 28.7 Å². The van der Waals surface area contributed by atoms with E-state index >= 15 is 0 Å². The Morgan fingerprint density at radius 3 is 2.79 bits per heavy atom. The molecule has 19 heavy (non-hydrogen) atoms. The second-order valence-corrected chi connectivity index (χ2v) is 6.39. The first-order chi connectivity index (χ1) is 9.08. The quantitative estimate of drug-likeness (QED) is 0.900. The molecule has 106 valence electrons. The van der Waals surface area contributed by atoms with Crippen LogP contribution in [0.2, 0.25) is 0 Å². The van der Waals surface area contributed by atoms with E-state index in [-0.39, 0.29) is 6.10 Å². The molecule has 2 rings (SSSR count). The molecule has 1 saturated heterocycles. The second-order valence-electron chi connectivity index (χ2n) is 5.53. The number of benzene rings is 1. The van der Waals surface area contributed by atoms with Crippen LogP contribution in [-0.2, 0) is 0 Å². The van der Waals surface area contributed by atoms with E-state index in [4.69, 9.17) is 0 Å². The molecule has 0 spiro atoms. The lowest BCUT2D eigenvalue weighted by atomic mass is 10.1. The van der Waals surface area contributed by atoms with Crippen LogP contribution in [0.4, 0.5) is 0 Å². The van der Waals surface area contributed by atoms with Gasteiger partial charge in [-0.25, -0.2) is 0 Å². The van der Waals surface area contributed by atoms with E-state index in [9.17, 15) is 5.11 Å². The van der Waals surface area contributed by atoms with Crippen molar-refractivity contribution in [3.8, 4) is 0 Å². The topological polar surface area (TPSA) is 26.7 Å². The van der Waals surface area contributed by atoms with Crippen molar-refractivity contribution in [3.05, 3.63) is 34.3 Å². The molecule has 2 unspecified atom stereocenters. The molecular formula is C15H23BrN2O. The molecule has 1 aliphatic heterocycles. The van der Waals surface area contributed by atoms with E-state index in [2.05, 4.69) is 39.8 Å². The fraction of sp³-hybridized carbons (Fsp3) is 0.600. The minimum absolute atomic E-state index is 0.381. The van der Waals surface area contributed by atoms with Crippen LogP contribution in [0.3, 0.4) is 0 Å². The van der Waals surface area contributed by atoms with Gasteiger partial charge in [-0.2, -0.15) is 0 Å². The van der Waals surface area contributed by atoms with Crippen LogP contribution in [0.25, 0.3) is 0 Å². The van der Waals surface area contributed by atoms with Gasteiger partial charge in [0.2, 0.25) is 0 Å². The van der Waals surface area contributed by atoms with Gasteiger partial charge in [0.05, 0.1) is 6.10 Å². The average molecular weight is 327 g/mol. The summed E-state index contributed by atoms with van der Waals surface area (Å²) in [7, 11) is 4.29. The van der Waals surface area contributed by atoms with Gasteiger partial charge in [0.15, 0.2) is 0 Å². The summed E-state index contributed by atoms with van der Waals surface area (Å²) in [5, 5.41) is 10.3. The van der Waals surface area contributed by atoms with Crippen molar-refractivity contribution in [2.75, 3.05) is 33.7 Å². The van der Waals surface area contributed by atoms with Crippen molar-refractivity contribution >= 4 is 15.9 Å². The number of rotatable bonds is 5. The second kappa shape index (κ2) is 6.84. The third-order valence-corrected chi connectivity index (χ3v) is 4.68. The highest BCUT2D eigenvalue weighted by atomic mass is 79.9. The Hall–Kier alpha value is -0.420. The van der Waals surface area contributed by atoms with E-state index in [1.54, 1.807) is 0 Å². The van der Waals surface area contributed by atoms with Gasteiger partial charge in [-0.05, 0) is 45.1 Å². The Balaban J connectivity index is 1.82. The molecule has 0 aliphatic carbocycles. The lowest BCUT2D eigenvalue weighted by Gasteiger charge is -2.21. The lowest BCUT2D eigenvalue weighted by molar-refractivity contribution is 0.146. The Labute approximate surface area is 124 Å². The molecule has 0 amide bonds. The van der Waals surface area contributed by atoms with Crippen molar-refractivity contribution in [2.24, 2.45) is 0 Å². The zero-order valence-corrected chi connectivity index (χ0v) is 13.3. The maximum absolute atomic E-state index is 10.3. The Morgan fingerprint density at radius 2 is 2.16 bits per heavy atom. The highest BCUT2D eigenvalue weighted by molar-refractivity contribution is 9.10. The van der Waals surface area contributed by atoms with E-state index < -0.39 is 0 Å². The number of likely N-dealkylation sites (N-methyl/N-ethyl adjacent to an activating group) is 1. The van der Waals surface area contributed by atoms with Gasteiger partial charge in [0.1, 0.15) is 0 Å². The molecule has 0 saturated carbocycles. The average Bonchev–Trinajstić information content (AvgIpc) is 2.85. The van der Waals surface area contributed by atoms with E-state index in [0.717, 1.165) is 36.1 Å². The normalized spacial score (nSPS) is 22.1. The van der Waals surface area contributed by atoms with Crippen molar-refractivity contribution < 1.29 is 5.11 Å². The lowest BCUT2D eigenvalue weighted by Crippen LogP contribution is -2.32. The summed E-state index contributed by atoms with van der Waals surface area (Å²) in [5.74, 6) is 0. The van der Waals surface area contributed by atoms with Gasteiger partial charge >= 0.3 is 0 Å². The molecule has 1 aromatic carbocycles. The predicted molar refractivity (Wildman–Crippen MR) is 82.3 cm³/mol. The molecule has 0 radical (unpaired) electrons. The summed E-state index contributed by atoms with van der Waals surface area (Å²) >= 11 is 3.50. The Bertz CT molecular complexity index is 411. The largest absolute Gasteiger partial charge is 0.388 e. The first kappa shape index (κ1) is 15.0. The molecule has 1 N–H and O–H groups in total. The van der Waals surface area contributed by atoms with Crippen molar-refractivity contribution in [2.45, 2.75) is 25.0 Å². The minimum atomic E-state index is -0.381. The third-order valence-electron chi connectivity index (χ3n) is 3.96. The van der Waals surface area contributed by atoms with Gasteiger partial charge in [-0.3, -0.25) is 0 Å². The first-order valence-electron chi connectivity index (χ1n) is 6.89. The number of halogens is 1. The number of aliphatic hydroxyl groups excluding tert-OH is 1. The molecule has 1 fully saturated rings. The predicted octanol–water partition coefficient (Wildman–Crippen LogP) is 2.51. The van der Waals surface area contributed by atoms with Crippen LogP contribution < -0.4 is 0 Å². The number of likely N-dealkylation sites (tertiary alicyclic amines) is 1. The monoisotopic (exact) mass is 326 g/mol. The van der Waals surface area contributed by atoms with Gasteiger partial charge in [0, 0.05) is 23.6 Å².